The molecule has 0 aliphatic rings. The Morgan fingerprint density at radius 1 is 1.08 bits per heavy atom. The van der Waals surface area contributed by atoms with Gasteiger partial charge in [0.15, 0.2) is 5.11 Å². The van der Waals surface area contributed by atoms with Crippen molar-refractivity contribution in [3.05, 3.63) is 52.0 Å². The molecule has 0 heterocycles. The van der Waals surface area contributed by atoms with Crippen LogP contribution >= 0.6 is 23.8 Å². The summed E-state index contributed by atoms with van der Waals surface area (Å²) < 4.78 is 23.2. The first-order chi connectivity index (χ1) is 11.1. The zero-order valence-electron chi connectivity index (χ0n) is 13.5. The van der Waals surface area contributed by atoms with Crippen LogP contribution in [0.4, 0.5) is 11.4 Å². The van der Waals surface area contributed by atoms with Gasteiger partial charge in [-0.15, -0.1) is 0 Å². The number of halogens is 1. The zero-order valence-corrected chi connectivity index (χ0v) is 15.9. The number of primary sulfonamides is 1. The lowest BCUT2D eigenvalue weighted by molar-refractivity contribution is 0.597. The molecule has 0 saturated heterocycles. The molecule has 0 aliphatic carbocycles. The first-order valence-corrected chi connectivity index (χ1v) is 9.39. The third-order valence-corrected chi connectivity index (χ3v) is 5.15. The number of hydrogen-bond acceptors (Lipinski definition) is 3. The second-order valence-electron chi connectivity index (χ2n) is 5.50. The first kappa shape index (κ1) is 18.7. The molecule has 2 aromatic rings. The van der Waals surface area contributed by atoms with E-state index >= 15 is 0 Å². The van der Waals surface area contributed by atoms with Gasteiger partial charge in [-0.3, -0.25) is 0 Å². The quantitative estimate of drug-likeness (QED) is 0.703. The van der Waals surface area contributed by atoms with Gasteiger partial charge in [0.25, 0.3) is 0 Å². The molecule has 5 nitrogen and oxygen atoms in total. The van der Waals surface area contributed by atoms with Gasteiger partial charge in [-0.1, -0.05) is 17.7 Å². The van der Waals surface area contributed by atoms with Crippen molar-refractivity contribution in [3.63, 3.8) is 0 Å². The number of nitrogens with two attached hydrogens (primary N) is 1. The van der Waals surface area contributed by atoms with Crippen LogP contribution in [-0.4, -0.2) is 13.5 Å². The molecule has 0 fully saturated rings. The molecule has 0 unspecified atom stereocenters. The van der Waals surface area contributed by atoms with Crippen LogP contribution in [0.2, 0.25) is 5.02 Å². The number of aryl methyl sites for hydroxylation is 2. The molecule has 24 heavy (non-hydrogen) atoms. The lowest BCUT2D eigenvalue weighted by Gasteiger charge is -2.15. The maximum atomic E-state index is 11.6. The van der Waals surface area contributed by atoms with Crippen LogP contribution in [-0.2, 0) is 10.0 Å². The minimum atomic E-state index is -3.79. The highest BCUT2D eigenvalue weighted by atomic mass is 35.5. The van der Waals surface area contributed by atoms with E-state index in [0.717, 1.165) is 22.4 Å². The Hall–Kier alpha value is -1.67. The van der Waals surface area contributed by atoms with E-state index in [4.69, 9.17) is 29.0 Å². The van der Waals surface area contributed by atoms with Crippen LogP contribution < -0.4 is 15.8 Å². The van der Waals surface area contributed by atoms with Gasteiger partial charge in [-0.25, -0.2) is 13.6 Å². The third kappa shape index (κ3) is 4.45. The number of thiocarbonyl (C=S) groups is 1. The number of hydrogen-bond donors (Lipinski definition) is 3. The van der Waals surface area contributed by atoms with Gasteiger partial charge in [0.2, 0.25) is 10.0 Å². The summed E-state index contributed by atoms with van der Waals surface area (Å²) in [7, 11) is -3.79. The Morgan fingerprint density at radius 3 is 2.33 bits per heavy atom. The van der Waals surface area contributed by atoms with Gasteiger partial charge in [0, 0.05) is 16.4 Å². The van der Waals surface area contributed by atoms with E-state index in [-0.39, 0.29) is 4.90 Å². The van der Waals surface area contributed by atoms with Gasteiger partial charge in [0.1, 0.15) is 0 Å². The molecule has 0 aromatic heterocycles. The third-order valence-electron chi connectivity index (χ3n) is 3.65. The van der Waals surface area contributed by atoms with Crippen LogP contribution in [0.1, 0.15) is 16.7 Å². The summed E-state index contributed by atoms with van der Waals surface area (Å²) in [4.78, 5) is 0.0364. The second kappa shape index (κ2) is 7.06. The molecule has 0 amide bonds. The van der Waals surface area contributed by atoms with Gasteiger partial charge < -0.3 is 10.6 Å². The van der Waals surface area contributed by atoms with Gasteiger partial charge in [-0.2, -0.15) is 0 Å². The Labute approximate surface area is 152 Å². The lowest BCUT2D eigenvalue weighted by Crippen LogP contribution is -2.21. The average molecular weight is 384 g/mol. The normalized spacial score (nSPS) is 11.2. The fourth-order valence-electron chi connectivity index (χ4n) is 2.08. The molecule has 0 spiro atoms. The maximum Gasteiger partial charge on any atom is 0.238 e. The van der Waals surface area contributed by atoms with E-state index in [9.17, 15) is 8.42 Å². The summed E-state index contributed by atoms with van der Waals surface area (Å²) in [5.41, 5.74) is 3.96. The number of nitrogens with one attached hydrogen (secondary N) is 2. The van der Waals surface area contributed by atoms with E-state index in [1.807, 2.05) is 32.9 Å². The lowest BCUT2D eigenvalue weighted by atomic mass is 10.1. The fraction of sp³-hybridized carbons (Fsp3) is 0.188. The van der Waals surface area contributed by atoms with E-state index in [0.29, 0.717) is 15.8 Å². The minimum Gasteiger partial charge on any atom is -0.332 e. The average Bonchev–Trinajstić information content (AvgIpc) is 2.46. The highest BCUT2D eigenvalue weighted by Crippen LogP contribution is 2.24. The van der Waals surface area contributed by atoms with E-state index < -0.39 is 10.0 Å². The molecule has 4 N–H and O–H groups in total. The zero-order chi connectivity index (χ0) is 18.1. The fourth-order valence-corrected chi connectivity index (χ4v) is 3.11. The summed E-state index contributed by atoms with van der Waals surface area (Å²) in [5, 5.41) is 12.2. The van der Waals surface area contributed by atoms with E-state index in [1.165, 1.54) is 12.1 Å². The molecule has 0 radical (unpaired) electrons. The van der Waals surface area contributed by atoms with Gasteiger partial charge in [-0.05, 0) is 73.9 Å². The molecule has 2 rings (SSSR count). The molecule has 2 aromatic carbocycles. The summed E-state index contributed by atoms with van der Waals surface area (Å²) in [6.07, 6.45) is 0. The van der Waals surface area contributed by atoms with Crippen molar-refractivity contribution in [2.24, 2.45) is 5.14 Å². The Balaban J connectivity index is 2.25. The molecular formula is C16H18ClN3O2S2. The smallest absolute Gasteiger partial charge is 0.238 e. The molecule has 0 bridgehead atoms. The number of rotatable bonds is 3. The predicted molar refractivity (Wildman–Crippen MR) is 103 cm³/mol. The van der Waals surface area contributed by atoms with Crippen molar-refractivity contribution in [2.45, 2.75) is 25.7 Å². The Bertz CT molecular complexity index is 912. The number of anilines is 2. The van der Waals surface area contributed by atoms with Crippen molar-refractivity contribution in [1.82, 2.24) is 0 Å². The highest BCUT2D eigenvalue weighted by Gasteiger charge is 2.13. The van der Waals surface area contributed by atoms with Crippen molar-refractivity contribution in [2.75, 3.05) is 10.6 Å². The maximum absolute atomic E-state index is 11.6. The van der Waals surface area contributed by atoms with Crippen molar-refractivity contribution in [1.29, 1.82) is 0 Å². The Morgan fingerprint density at radius 2 is 1.75 bits per heavy atom. The summed E-state index contributed by atoms with van der Waals surface area (Å²) >= 11 is 11.4. The van der Waals surface area contributed by atoms with Crippen molar-refractivity contribution >= 4 is 50.3 Å². The summed E-state index contributed by atoms with van der Waals surface area (Å²) in [6.45, 7) is 5.59. The Kier molecular flexibility index (Phi) is 5.49. The topological polar surface area (TPSA) is 84.2 Å². The van der Waals surface area contributed by atoms with Crippen LogP contribution in [0.25, 0.3) is 0 Å². The monoisotopic (exact) mass is 383 g/mol. The van der Waals surface area contributed by atoms with Crippen molar-refractivity contribution in [3.8, 4) is 0 Å². The van der Waals surface area contributed by atoms with E-state index in [2.05, 4.69) is 10.6 Å². The van der Waals surface area contributed by atoms with Crippen LogP contribution in [0, 0.1) is 20.8 Å². The molecule has 8 heteroatoms. The minimum absolute atomic E-state index is 0.0364. The van der Waals surface area contributed by atoms with Crippen LogP contribution in [0.15, 0.2) is 35.2 Å². The standard InChI is InChI=1S/C16H18ClN3O2S2/c1-9-4-5-12(7-14(9)17)19-16(23)20-15-8-13(24(18,21)22)6-10(2)11(15)3/h4-8H,1-3H3,(H2,18,21,22)(H2,19,20,23). The van der Waals surface area contributed by atoms with Gasteiger partial charge in [0.05, 0.1) is 4.90 Å². The molecule has 0 saturated carbocycles. The summed E-state index contributed by atoms with van der Waals surface area (Å²) in [5.74, 6) is 0. The van der Waals surface area contributed by atoms with Crippen molar-refractivity contribution < 1.29 is 8.42 Å². The molecule has 128 valence electrons. The first-order valence-electron chi connectivity index (χ1n) is 7.06. The molecule has 0 atom stereocenters. The predicted octanol–water partition coefficient (Wildman–Crippen LogP) is 3.72. The SMILES string of the molecule is Cc1ccc(NC(=S)Nc2cc(S(N)(=O)=O)cc(C)c2C)cc1Cl. The summed E-state index contributed by atoms with van der Waals surface area (Å²) in [6, 6.07) is 8.50. The van der Waals surface area contributed by atoms with Crippen LogP contribution in [0.5, 0.6) is 0 Å². The highest BCUT2D eigenvalue weighted by molar-refractivity contribution is 7.89. The van der Waals surface area contributed by atoms with Crippen LogP contribution in [0.3, 0.4) is 0 Å². The van der Waals surface area contributed by atoms with Gasteiger partial charge >= 0.3 is 0 Å². The molecular weight excluding hydrogens is 366 g/mol. The van der Waals surface area contributed by atoms with E-state index in [1.54, 1.807) is 6.07 Å². The number of sulfonamides is 1. The largest absolute Gasteiger partial charge is 0.332 e. The molecule has 0 aliphatic heterocycles. The second-order valence-corrected chi connectivity index (χ2v) is 7.88. The number of benzene rings is 2.